The Morgan fingerprint density at radius 1 is 1.55 bits per heavy atom. The van der Waals surface area contributed by atoms with Crippen molar-refractivity contribution in [2.45, 2.75) is 19.2 Å². The molecule has 60 valence electrons. The van der Waals surface area contributed by atoms with E-state index in [1.165, 1.54) is 5.56 Å². The third kappa shape index (κ3) is 1.85. The van der Waals surface area contributed by atoms with Crippen molar-refractivity contribution in [2.24, 2.45) is 0 Å². The van der Waals surface area contributed by atoms with Crippen LogP contribution in [0.1, 0.15) is 18.1 Å². The lowest BCUT2D eigenvalue weighted by atomic mass is 10.1. The van der Waals surface area contributed by atoms with E-state index in [4.69, 9.17) is 23.2 Å². The molecule has 1 heterocycles. The van der Waals surface area contributed by atoms with Crippen molar-refractivity contribution in [3.63, 3.8) is 0 Å². The van der Waals surface area contributed by atoms with E-state index in [0.717, 1.165) is 12.0 Å². The quantitative estimate of drug-likeness (QED) is 0.515. The molecule has 0 bridgehead atoms. The largest absolute Gasteiger partial charge is 0.244 e. The lowest BCUT2D eigenvalue weighted by Gasteiger charge is -2.04. The summed E-state index contributed by atoms with van der Waals surface area (Å²) in [6.07, 6.45) is 2.65. The van der Waals surface area contributed by atoms with Gasteiger partial charge in [-0.05, 0) is 18.1 Å². The van der Waals surface area contributed by atoms with E-state index in [0.29, 0.717) is 11.0 Å². The van der Waals surface area contributed by atoms with E-state index in [1.807, 2.05) is 6.07 Å². The molecule has 0 aromatic carbocycles. The van der Waals surface area contributed by atoms with Crippen LogP contribution in [-0.4, -0.2) is 4.98 Å². The van der Waals surface area contributed by atoms with E-state index < -0.39 is 0 Å². The van der Waals surface area contributed by atoms with Crippen LogP contribution in [0.25, 0.3) is 0 Å². The molecule has 0 saturated heterocycles. The summed E-state index contributed by atoms with van der Waals surface area (Å²) in [6.45, 7) is 2.07. The average molecular weight is 190 g/mol. The number of aromatic nitrogens is 1. The van der Waals surface area contributed by atoms with Crippen LogP contribution >= 0.6 is 23.2 Å². The lowest BCUT2D eigenvalue weighted by Crippen LogP contribution is -1.92. The Hall–Kier alpha value is -0.270. The van der Waals surface area contributed by atoms with Crippen LogP contribution in [0.15, 0.2) is 12.3 Å². The van der Waals surface area contributed by atoms with Gasteiger partial charge in [-0.3, -0.25) is 0 Å². The molecule has 0 spiro atoms. The van der Waals surface area contributed by atoms with E-state index in [-0.39, 0.29) is 0 Å². The zero-order valence-electron chi connectivity index (χ0n) is 6.27. The normalized spacial score (nSPS) is 10.1. The lowest BCUT2D eigenvalue weighted by molar-refractivity contribution is 1.07. The molecule has 0 unspecified atom stereocenters. The second kappa shape index (κ2) is 3.93. The molecular formula is C8H9Cl2N. The van der Waals surface area contributed by atoms with E-state index in [1.54, 1.807) is 6.20 Å². The van der Waals surface area contributed by atoms with Gasteiger partial charge in [-0.2, -0.15) is 0 Å². The highest BCUT2D eigenvalue weighted by molar-refractivity contribution is 6.31. The first kappa shape index (κ1) is 8.82. The minimum absolute atomic E-state index is 0.440. The minimum Gasteiger partial charge on any atom is -0.244 e. The average Bonchev–Trinajstić information content (AvgIpc) is 2.04. The number of pyridine rings is 1. The van der Waals surface area contributed by atoms with E-state index in [2.05, 4.69) is 11.9 Å². The van der Waals surface area contributed by atoms with Gasteiger partial charge in [-0.1, -0.05) is 18.5 Å². The predicted molar refractivity (Wildman–Crippen MR) is 48.2 cm³/mol. The number of halogens is 2. The third-order valence-corrected chi connectivity index (χ3v) is 2.21. The fraction of sp³-hybridized carbons (Fsp3) is 0.375. The number of rotatable bonds is 2. The Bertz CT molecular complexity index is 248. The first-order valence-electron chi connectivity index (χ1n) is 3.47. The first-order valence-corrected chi connectivity index (χ1v) is 4.39. The Balaban J connectivity index is 3.13. The van der Waals surface area contributed by atoms with Crippen LogP contribution in [0.2, 0.25) is 5.15 Å². The highest BCUT2D eigenvalue weighted by Gasteiger charge is 2.03. The second-order valence-electron chi connectivity index (χ2n) is 2.23. The second-order valence-corrected chi connectivity index (χ2v) is 2.85. The van der Waals surface area contributed by atoms with Gasteiger partial charge in [0.25, 0.3) is 0 Å². The molecule has 1 rings (SSSR count). The molecule has 11 heavy (non-hydrogen) atoms. The number of hydrogen-bond acceptors (Lipinski definition) is 1. The number of aryl methyl sites for hydroxylation is 1. The van der Waals surface area contributed by atoms with Crippen LogP contribution < -0.4 is 0 Å². The molecule has 1 aromatic heterocycles. The number of nitrogens with zero attached hydrogens (tertiary/aromatic N) is 1. The molecule has 3 heteroatoms. The summed E-state index contributed by atoms with van der Waals surface area (Å²) in [5.74, 6) is 0.440. The van der Waals surface area contributed by atoms with Crippen LogP contribution in [0.5, 0.6) is 0 Å². The fourth-order valence-corrected chi connectivity index (χ4v) is 1.59. The van der Waals surface area contributed by atoms with Crippen molar-refractivity contribution in [3.05, 3.63) is 28.5 Å². The van der Waals surface area contributed by atoms with Crippen LogP contribution in [0.4, 0.5) is 0 Å². The summed E-state index contributed by atoms with van der Waals surface area (Å²) in [5.41, 5.74) is 2.14. The van der Waals surface area contributed by atoms with Gasteiger partial charge in [-0.25, -0.2) is 4.98 Å². The van der Waals surface area contributed by atoms with Crippen molar-refractivity contribution in [1.29, 1.82) is 0 Å². The van der Waals surface area contributed by atoms with Gasteiger partial charge < -0.3 is 0 Å². The number of alkyl halides is 1. The van der Waals surface area contributed by atoms with Gasteiger partial charge in [0.1, 0.15) is 5.15 Å². The Labute approximate surface area is 76.4 Å². The maximum Gasteiger partial charge on any atom is 0.133 e. The highest BCUT2D eigenvalue weighted by Crippen LogP contribution is 2.19. The maximum atomic E-state index is 5.81. The summed E-state index contributed by atoms with van der Waals surface area (Å²) < 4.78 is 0. The molecule has 0 radical (unpaired) electrons. The van der Waals surface area contributed by atoms with Crippen molar-refractivity contribution in [1.82, 2.24) is 4.98 Å². The molecule has 0 atom stereocenters. The van der Waals surface area contributed by atoms with Crippen molar-refractivity contribution < 1.29 is 0 Å². The molecule has 0 fully saturated rings. The Morgan fingerprint density at radius 2 is 2.27 bits per heavy atom. The Kier molecular flexibility index (Phi) is 3.16. The summed E-state index contributed by atoms with van der Waals surface area (Å²) in [7, 11) is 0. The van der Waals surface area contributed by atoms with Crippen LogP contribution in [0.3, 0.4) is 0 Å². The zero-order chi connectivity index (χ0) is 8.27. The fourth-order valence-electron chi connectivity index (χ4n) is 0.976. The van der Waals surface area contributed by atoms with Gasteiger partial charge in [0.2, 0.25) is 0 Å². The molecule has 1 aromatic rings. The van der Waals surface area contributed by atoms with E-state index >= 15 is 0 Å². The van der Waals surface area contributed by atoms with Gasteiger partial charge in [-0.15, -0.1) is 11.6 Å². The SMILES string of the molecule is CCc1ccnc(Cl)c1CCl. The summed E-state index contributed by atoms with van der Waals surface area (Å²) in [4.78, 5) is 3.94. The van der Waals surface area contributed by atoms with Gasteiger partial charge >= 0.3 is 0 Å². The molecule has 0 saturated carbocycles. The van der Waals surface area contributed by atoms with Crippen molar-refractivity contribution in [2.75, 3.05) is 0 Å². The van der Waals surface area contributed by atoms with Crippen molar-refractivity contribution in [3.8, 4) is 0 Å². The highest BCUT2D eigenvalue weighted by atomic mass is 35.5. The standard InChI is InChI=1S/C8H9Cl2N/c1-2-6-3-4-11-8(10)7(6)5-9/h3-4H,2,5H2,1H3. The van der Waals surface area contributed by atoms with Crippen molar-refractivity contribution >= 4 is 23.2 Å². The molecule has 0 N–H and O–H groups in total. The summed E-state index contributed by atoms with van der Waals surface area (Å²) in [5, 5.41) is 0.527. The molecular weight excluding hydrogens is 181 g/mol. The third-order valence-electron chi connectivity index (χ3n) is 1.61. The smallest absolute Gasteiger partial charge is 0.133 e. The molecule has 0 aliphatic heterocycles. The zero-order valence-corrected chi connectivity index (χ0v) is 7.78. The van der Waals surface area contributed by atoms with E-state index in [9.17, 15) is 0 Å². The van der Waals surface area contributed by atoms with Crippen LogP contribution in [0, 0.1) is 0 Å². The Morgan fingerprint density at radius 3 is 2.73 bits per heavy atom. The molecule has 0 amide bonds. The van der Waals surface area contributed by atoms with Crippen LogP contribution in [-0.2, 0) is 12.3 Å². The van der Waals surface area contributed by atoms with Gasteiger partial charge in [0.05, 0.1) is 5.88 Å². The van der Waals surface area contributed by atoms with Gasteiger partial charge in [0.15, 0.2) is 0 Å². The molecule has 1 nitrogen and oxygen atoms in total. The maximum absolute atomic E-state index is 5.81. The topological polar surface area (TPSA) is 12.9 Å². The minimum atomic E-state index is 0.440. The summed E-state index contributed by atoms with van der Waals surface area (Å²) in [6, 6.07) is 1.95. The molecule has 0 aliphatic rings. The predicted octanol–water partition coefficient (Wildman–Crippen LogP) is 3.04. The van der Waals surface area contributed by atoms with Gasteiger partial charge in [0, 0.05) is 11.8 Å². The molecule has 0 aliphatic carbocycles. The monoisotopic (exact) mass is 189 g/mol. The number of hydrogen-bond donors (Lipinski definition) is 0. The summed E-state index contributed by atoms with van der Waals surface area (Å²) >= 11 is 11.5. The first-order chi connectivity index (χ1) is 5.29.